The minimum atomic E-state index is -2.88. The summed E-state index contributed by atoms with van der Waals surface area (Å²) < 4.78 is 30.0. The van der Waals surface area contributed by atoms with Crippen molar-refractivity contribution < 1.29 is 18.3 Å². The molecule has 3 N–H and O–H groups in total. The number of alkyl halides is 2. The molecule has 1 fully saturated rings. The van der Waals surface area contributed by atoms with Gasteiger partial charge in [0.05, 0.1) is 12.2 Å². The quantitative estimate of drug-likeness (QED) is 0.207. The van der Waals surface area contributed by atoms with Crippen LogP contribution in [0.1, 0.15) is 12.0 Å². The fourth-order valence-electron chi connectivity index (χ4n) is 3.45. The first-order valence-electron chi connectivity index (χ1n) is 10.1. The van der Waals surface area contributed by atoms with E-state index in [1.165, 1.54) is 6.07 Å². The van der Waals surface area contributed by atoms with Crippen LogP contribution in [0.4, 0.5) is 20.2 Å². The molecule has 1 aliphatic rings. The van der Waals surface area contributed by atoms with E-state index in [-0.39, 0.29) is 48.2 Å². The molecule has 1 amide bonds. The Kier molecular flexibility index (Phi) is 10.2. The maximum absolute atomic E-state index is 12.7. The van der Waals surface area contributed by atoms with Gasteiger partial charge in [0.1, 0.15) is 5.75 Å². The molecule has 1 atom stereocenters. The highest BCUT2D eigenvalue weighted by atomic mass is 127. The van der Waals surface area contributed by atoms with Gasteiger partial charge in [-0.2, -0.15) is 8.78 Å². The number of hydrogen-bond acceptors (Lipinski definition) is 4. The number of ether oxygens (including phenoxy) is 1. The van der Waals surface area contributed by atoms with Crippen LogP contribution >= 0.6 is 24.0 Å². The third kappa shape index (κ3) is 7.78. The van der Waals surface area contributed by atoms with Crippen LogP contribution in [0.25, 0.3) is 0 Å². The Morgan fingerprint density at radius 1 is 1.30 bits per heavy atom. The van der Waals surface area contributed by atoms with Gasteiger partial charge in [-0.3, -0.25) is 9.79 Å². The lowest BCUT2D eigenvalue weighted by Gasteiger charge is -2.22. The highest BCUT2D eigenvalue weighted by Crippen LogP contribution is 2.31. The van der Waals surface area contributed by atoms with Crippen LogP contribution in [0.5, 0.6) is 5.75 Å². The topological polar surface area (TPSA) is 78.0 Å². The van der Waals surface area contributed by atoms with Crippen LogP contribution in [0.15, 0.2) is 53.5 Å². The molecule has 1 aliphatic heterocycles. The number of amides is 1. The van der Waals surface area contributed by atoms with E-state index in [0.717, 1.165) is 6.42 Å². The van der Waals surface area contributed by atoms with Crippen LogP contribution in [0, 0.1) is 12.3 Å². The Morgan fingerprint density at radius 3 is 2.82 bits per heavy atom. The van der Waals surface area contributed by atoms with E-state index in [0.29, 0.717) is 36.0 Å². The molecule has 1 unspecified atom stereocenters. The summed E-state index contributed by atoms with van der Waals surface area (Å²) in [4.78, 5) is 18.4. The maximum Gasteiger partial charge on any atom is 0.387 e. The average molecular weight is 569 g/mol. The first-order chi connectivity index (χ1) is 15.5. The number of nitrogens with one attached hydrogen (secondary N) is 3. The predicted molar refractivity (Wildman–Crippen MR) is 137 cm³/mol. The third-order valence-corrected chi connectivity index (χ3v) is 4.90. The number of halogens is 3. The minimum Gasteiger partial charge on any atom is -0.433 e. The summed E-state index contributed by atoms with van der Waals surface area (Å²) in [6, 6.07) is 13.8. The van der Waals surface area contributed by atoms with E-state index in [2.05, 4.69) is 31.6 Å². The number of terminal acetylenes is 1. The molecule has 0 saturated carbocycles. The number of guanidine groups is 1. The number of nitrogens with zero attached hydrogens (tertiary/aromatic N) is 2. The second-order valence-electron chi connectivity index (χ2n) is 7.12. The smallest absolute Gasteiger partial charge is 0.387 e. The van der Waals surface area contributed by atoms with Gasteiger partial charge in [0.2, 0.25) is 5.91 Å². The number of benzene rings is 2. The SMILES string of the molecule is C#Cc1cccc(NC(=O)CNC(=NC)NC2CCN(c3ccccc3OC(F)F)C2)c1.I. The molecule has 0 aromatic heterocycles. The molecule has 7 nitrogen and oxygen atoms in total. The number of para-hydroxylation sites is 2. The molecule has 2 aromatic rings. The van der Waals surface area contributed by atoms with Crippen LogP contribution < -0.4 is 25.6 Å². The number of rotatable bonds is 7. The van der Waals surface area contributed by atoms with Gasteiger partial charge >= 0.3 is 6.61 Å². The zero-order chi connectivity index (χ0) is 22.9. The number of carbonyl (C=O) groups is 1. The molecule has 3 rings (SSSR count). The van der Waals surface area contributed by atoms with Gasteiger partial charge in [0, 0.05) is 37.4 Å². The monoisotopic (exact) mass is 569 g/mol. The van der Waals surface area contributed by atoms with Gasteiger partial charge < -0.3 is 25.6 Å². The van der Waals surface area contributed by atoms with E-state index in [4.69, 9.17) is 6.42 Å². The van der Waals surface area contributed by atoms with Crippen molar-refractivity contribution in [1.29, 1.82) is 0 Å². The fourth-order valence-corrected chi connectivity index (χ4v) is 3.45. The van der Waals surface area contributed by atoms with Crippen molar-refractivity contribution in [3.63, 3.8) is 0 Å². The molecule has 10 heteroatoms. The number of aliphatic imine (C=N–C) groups is 1. The molecule has 2 aromatic carbocycles. The summed E-state index contributed by atoms with van der Waals surface area (Å²) in [6.07, 6.45) is 6.15. The van der Waals surface area contributed by atoms with Gasteiger partial charge in [-0.25, -0.2) is 0 Å². The lowest BCUT2D eigenvalue weighted by molar-refractivity contribution is -0.115. The van der Waals surface area contributed by atoms with Crippen LogP contribution in [-0.4, -0.2) is 51.2 Å². The van der Waals surface area contributed by atoms with Gasteiger partial charge in [-0.1, -0.05) is 24.1 Å². The Hall–Kier alpha value is -3.07. The summed E-state index contributed by atoms with van der Waals surface area (Å²) in [5.74, 6) is 2.90. The van der Waals surface area contributed by atoms with Gasteiger partial charge in [0.25, 0.3) is 0 Å². The Bertz CT molecular complexity index is 1010. The van der Waals surface area contributed by atoms with Crippen molar-refractivity contribution >= 4 is 47.2 Å². The molecule has 176 valence electrons. The Balaban J connectivity index is 0.00000385. The first kappa shape index (κ1) is 26.2. The van der Waals surface area contributed by atoms with E-state index in [1.807, 2.05) is 4.90 Å². The Morgan fingerprint density at radius 2 is 2.09 bits per heavy atom. The highest BCUT2D eigenvalue weighted by molar-refractivity contribution is 14.0. The van der Waals surface area contributed by atoms with Gasteiger partial charge in [-0.05, 0) is 36.8 Å². The Labute approximate surface area is 209 Å². The molecule has 0 aliphatic carbocycles. The van der Waals surface area contributed by atoms with E-state index in [9.17, 15) is 13.6 Å². The molecule has 0 spiro atoms. The maximum atomic E-state index is 12.7. The lowest BCUT2D eigenvalue weighted by atomic mass is 10.2. The van der Waals surface area contributed by atoms with Crippen molar-refractivity contribution in [3.05, 3.63) is 54.1 Å². The summed E-state index contributed by atoms with van der Waals surface area (Å²) in [6.45, 7) is -1.61. The van der Waals surface area contributed by atoms with Crippen molar-refractivity contribution in [1.82, 2.24) is 10.6 Å². The average Bonchev–Trinajstić information content (AvgIpc) is 3.25. The largest absolute Gasteiger partial charge is 0.433 e. The molecule has 33 heavy (non-hydrogen) atoms. The highest BCUT2D eigenvalue weighted by Gasteiger charge is 2.26. The summed E-state index contributed by atoms with van der Waals surface area (Å²) in [7, 11) is 1.61. The zero-order valence-electron chi connectivity index (χ0n) is 18.1. The van der Waals surface area contributed by atoms with E-state index >= 15 is 0 Å². The van der Waals surface area contributed by atoms with E-state index in [1.54, 1.807) is 49.5 Å². The van der Waals surface area contributed by atoms with Crippen LogP contribution in [0.3, 0.4) is 0 Å². The van der Waals surface area contributed by atoms with Crippen LogP contribution in [0.2, 0.25) is 0 Å². The number of carbonyl (C=O) groups excluding carboxylic acids is 1. The standard InChI is InChI=1S/C23H25F2N5O2.HI/c1-3-16-7-6-8-17(13-16)28-21(31)14-27-23(26-2)29-18-11-12-30(15-18)19-9-4-5-10-20(19)32-22(24)25;/h1,4-10,13,18,22H,11-12,14-15H2,2H3,(H,28,31)(H2,26,27,29);1H. The molecular formula is C23H26F2IN5O2. The summed E-state index contributed by atoms with van der Waals surface area (Å²) in [5, 5.41) is 9.02. The first-order valence-corrected chi connectivity index (χ1v) is 10.1. The molecule has 1 saturated heterocycles. The number of anilines is 2. The molecule has 0 bridgehead atoms. The second-order valence-corrected chi connectivity index (χ2v) is 7.12. The molecule has 0 radical (unpaired) electrons. The number of hydrogen-bond donors (Lipinski definition) is 3. The summed E-state index contributed by atoms with van der Waals surface area (Å²) >= 11 is 0. The van der Waals surface area contributed by atoms with Gasteiger partial charge in [-0.15, -0.1) is 30.4 Å². The second kappa shape index (κ2) is 12.8. The molecular weight excluding hydrogens is 543 g/mol. The predicted octanol–water partition coefficient (Wildman–Crippen LogP) is 3.27. The third-order valence-electron chi connectivity index (χ3n) is 4.90. The van der Waals surface area contributed by atoms with Crippen molar-refractivity contribution in [2.24, 2.45) is 4.99 Å². The lowest BCUT2D eigenvalue weighted by Crippen LogP contribution is -2.46. The minimum absolute atomic E-state index is 0. The van der Waals surface area contributed by atoms with Crippen molar-refractivity contribution in [2.45, 2.75) is 19.1 Å². The van der Waals surface area contributed by atoms with Gasteiger partial charge in [0.15, 0.2) is 5.96 Å². The van der Waals surface area contributed by atoms with E-state index < -0.39 is 6.61 Å². The summed E-state index contributed by atoms with van der Waals surface area (Å²) in [5.41, 5.74) is 1.92. The zero-order valence-corrected chi connectivity index (χ0v) is 20.4. The normalized spacial score (nSPS) is 15.4. The fraction of sp³-hybridized carbons (Fsp3) is 0.304. The molecule has 1 heterocycles. The van der Waals surface area contributed by atoms with Crippen molar-refractivity contribution in [3.8, 4) is 18.1 Å². The van der Waals surface area contributed by atoms with Crippen molar-refractivity contribution in [2.75, 3.05) is 36.9 Å². The van der Waals surface area contributed by atoms with Crippen LogP contribution in [-0.2, 0) is 4.79 Å².